The summed E-state index contributed by atoms with van der Waals surface area (Å²) >= 11 is 0. The third kappa shape index (κ3) is 3.04. The van der Waals surface area contributed by atoms with Crippen LogP contribution in [0.1, 0.15) is 44.6 Å². The van der Waals surface area contributed by atoms with Gasteiger partial charge < -0.3 is 9.47 Å². The monoisotopic (exact) mass is 313 g/mol. The maximum Gasteiger partial charge on any atom is 0.157 e. The van der Waals surface area contributed by atoms with E-state index in [2.05, 4.69) is 56.6 Å². The number of rotatable bonds is 6. The minimum absolute atomic E-state index is 0.366. The van der Waals surface area contributed by atoms with Gasteiger partial charge in [-0.2, -0.15) is 9.61 Å². The molecule has 3 heterocycles. The Morgan fingerprint density at radius 1 is 1.30 bits per heavy atom. The van der Waals surface area contributed by atoms with Crippen LogP contribution in [0.4, 0.5) is 5.82 Å². The van der Waals surface area contributed by atoms with Crippen LogP contribution in [0.2, 0.25) is 0 Å². The average Bonchev–Trinajstić information content (AvgIpc) is 3.15. The molecule has 3 aromatic heterocycles. The Hall–Kier alpha value is -2.44. The minimum atomic E-state index is 0.366. The predicted octanol–water partition coefficient (Wildman–Crippen LogP) is 2.49. The van der Waals surface area contributed by atoms with E-state index in [0.717, 1.165) is 35.9 Å². The number of anilines is 1. The van der Waals surface area contributed by atoms with Gasteiger partial charge in [0.25, 0.3) is 0 Å². The highest BCUT2D eigenvalue weighted by Gasteiger charge is 2.14. The highest BCUT2D eigenvalue weighted by atomic mass is 15.4. The van der Waals surface area contributed by atoms with Gasteiger partial charge in [-0.3, -0.25) is 0 Å². The lowest BCUT2D eigenvalue weighted by Crippen LogP contribution is -2.23. The largest absolute Gasteiger partial charge is 0.352 e. The summed E-state index contributed by atoms with van der Waals surface area (Å²) in [6.07, 6.45) is 4.64. The third-order valence-corrected chi connectivity index (χ3v) is 3.88. The molecule has 7 nitrogen and oxygen atoms in total. The first-order valence-corrected chi connectivity index (χ1v) is 8.02. The van der Waals surface area contributed by atoms with Crippen LogP contribution in [0, 0.1) is 0 Å². The highest BCUT2D eigenvalue weighted by molar-refractivity contribution is 5.50. The molecule has 0 fully saturated rings. The first kappa shape index (κ1) is 15.5. The van der Waals surface area contributed by atoms with E-state index in [1.165, 1.54) is 0 Å². The third-order valence-electron chi connectivity index (χ3n) is 3.88. The van der Waals surface area contributed by atoms with Crippen LogP contribution in [-0.2, 0) is 13.1 Å². The Kier molecular flexibility index (Phi) is 4.27. The second-order valence-electron chi connectivity index (χ2n) is 6.09. The highest BCUT2D eigenvalue weighted by Crippen LogP contribution is 2.22. The van der Waals surface area contributed by atoms with Gasteiger partial charge in [-0.25, -0.2) is 4.98 Å². The van der Waals surface area contributed by atoms with Crippen molar-refractivity contribution in [2.75, 3.05) is 11.9 Å². The normalized spacial score (nSPS) is 11.5. The molecule has 0 unspecified atom stereocenters. The van der Waals surface area contributed by atoms with E-state index < -0.39 is 0 Å². The summed E-state index contributed by atoms with van der Waals surface area (Å²) in [5.74, 6) is 2.33. The summed E-state index contributed by atoms with van der Waals surface area (Å²) in [4.78, 5) is 6.81. The molecule has 0 atom stereocenters. The fourth-order valence-corrected chi connectivity index (χ4v) is 2.61. The van der Waals surface area contributed by atoms with E-state index in [1.54, 1.807) is 12.5 Å². The zero-order valence-corrected chi connectivity index (χ0v) is 14.1. The van der Waals surface area contributed by atoms with Crippen LogP contribution in [0.25, 0.3) is 5.65 Å². The van der Waals surface area contributed by atoms with Crippen molar-refractivity contribution in [1.29, 1.82) is 0 Å². The first-order valence-electron chi connectivity index (χ1n) is 8.02. The van der Waals surface area contributed by atoms with E-state index >= 15 is 0 Å². The molecule has 0 saturated heterocycles. The molecule has 0 amide bonds. The maximum absolute atomic E-state index is 4.66. The molecule has 7 heteroatoms. The quantitative estimate of drug-likeness (QED) is 0.699. The Morgan fingerprint density at radius 2 is 2.13 bits per heavy atom. The van der Waals surface area contributed by atoms with Gasteiger partial charge in [0, 0.05) is 31.4 Å². The molecule has 122 valence electrons. The van der Waals surface area contributed by atoms with E-state index in [0.29, 0.717) is 12.5 Å². The van der Waals surface area contributed by atoms with E-state index in [4.69, 9.17) is 0 Å². The maximum atomic E-state index is 4.66. The molecule has 0 aliphatic carbocycles. The van der Waals surface area contributed by atoms with Crippen LogP contribution < -0.4 is 4.90 Å². The molecule has 0 saturated carbocycles. The summed E-state index contributed by atoms with van der Waals surface area (Å²) in [5.41, 5.74) is 1.93. The fourth-order valence-electron chi connectivity index (χ4n) is 2.61. The number of nitrogens with zero attached hydrogens (tertiary/aromatic N) is 7. The van der Waals surface area contributed by atoms with Crippen LogP contribution in [-0.4, -0.2) is 36.4 Å². The molecule has 0 aliphatic rings. The SMILES string of the molecule is CCCn1cnnc1CN(C)c1cc(C(C)C)nc2ccnn12. The molecule has 0 aliphatic heterocycles. The molecule has 0 N–H and O–H groups in total. The Bertz CT molecular complexity index is 787. The van der Waals surface area contributed by atoms with Gasteiger partial charge >= 0.3 is 0 Å². The van der Waals surface area contributed by atoms with Crippen molar-refractivity contribution in [2.24, 2.45) is 0 Å². The lowest BCUT2D eigenvalue weighted by Gasteiger charge is -2.21. The van der Waals surface area contributed by atoms with Crippen molar-refractivity contribution in [3.63, 3.8) is 0 Å². The van der Waals surface area contributed by atoms with E-state index in [1.807, 2.05) is 17.6 Å². The zero-order valence-electron chi connectivity index (χ0n) is 14.1. The van der Waals surface area contributed by atoms with Crippen molar-refractivity contribution >= 4 is 11.5 Å². The van der Waals surface area contributed by atoms with E-state index in [9.17, 15) is 0 Å². The van der Waals surface area contributed by atoms with Crippen molar-refractivity contribution < 1.29 is 0 Å². The topological polar surface area (TPSA) is 64.1 Å². The van der Waals surface area contributed by atoms with Crippen LogP contribution in [0.15, 0.2) is 24.7 Å². The zero-order chi connectivity index (χ0) is 16.4. The summed E-state index contributed by atoms with van der Waals surface area (Å²) in [6.45, 7) is 8.06. The molecule has 0 bridgehead atoms. The summed E-state index contributed by atoms with van der Waals surface area (Å²) in [6, 6.07) is 4.04. The molecular formula is C16H23N7. The van der Waals surface area contributed by atoms with Crippen LogP contribution in [0.3, 0.4) is 0 Å². The van der Waals surface area contributed by atoms with Gasteiger partial charge in [0.2, 0.25) is 0 Å². The molecule has 23 heavy (non-hydrogen) atoms. The second-order valence-corrected chi connectivity index (χ2v) is 6.09. The lowest BCUT2D eigenvalue weighted by molar-refractivity contribution is 0.628. The Balaban J connectivity index is 1.95. The minimum Gasteiger partial charge on any atom is -0.352 e. The van der Waals surface area contributed by atoms with Gasteiger partial charge in [-0.15, -0.1) is 10.2 Å². The molecule has 3 rings (SSSR count). The van der Waals surface area contributed by atoms with Crippen LogP contribution in [0.5, 0.6) is 0 Å². The van der Waals surface area contributed by atoms with Gasteiger partial charge in [0.1, 0.15) is 12.1 Å². The van der Waals surface area contributed by atoms with Crippen molar-refractivity contribution in [2.45, 2.75) is 46.2 Å². The van der Waals surface area contributed by atoms with Crippen LogP contribution >= 0.6 is 0 Å². The van der Waals surface area contributed by atoms with Crippen molar-refractivity contribution in [3.8, 4) is 0 Å². The Labute approximate surface area is 136 Å². The summed E-state index contributed by atoms with van der Waals surface area (Å²) in [7, 11) is 2.05. The Morgan fingerprint density at radius 3 is 2.87 bits per heavy atom. The van der Waals surface area contributed by atoms with Gasteiger partial charge in [0.05, 0.1) is 12.7 Å². The molecule has 0 spiro atoms. The molecule has 0 radical (unpaired) electrons. The standard InChI is InChI=1S/C16H23N7/c1-5-8-22-11-17-20-15(22)10-21(4)16-9-13(12(2)3)19-14-6-7-18-23(14)16/h6-7,9,11-12H,5,8,10H2,1-4H3. The van der Waals surface area contributed by atoms with Gasteiger partial charge in [-0.05, 0) is 12.3 Å². The molecular weight excluding hydrogens is 290 g/mol. The van der Waals surface area contributed by atoms with Gasteiger partial charge in [0.15, 0.2) is 11.5 Å². The number of aryl methyl sites for hydroxylation is 1. The number of aromatic nitrogens is 6. The number of fused-ring (bicyclic) bond motifs is 1. The van der Waals surface area contributed by atoms with Crippen molar-refractivity contribution in [3.05, 3.63) is 36.2 Å². The number of hydrogen-bond acceptors (Lipinski definition) is 5. The average molecular weight is 313 g/mol. The van der Waals surface area contributed by atoms with E-state index in [-0.39, 0.29) is 0 Å². The van der Waals surface area contributed by atoms with Crippen molar-refractivity contribution in [1.82, 2.24) is 29.4 Å². The molecule has 0 aromatic carbocycles. The predicted molar refractivity (Wildman–Crippen MR) is 89.5 cm³/mol. The summed E-state index contributed by atoms with van der Waals surface area (Å²) < 4.78 is 3.97. The molecule has 3 aromatic rings. The lowest BCUT2D eigenvalue weighted by atomic mass is 10.1. The number of hydrogen-bond donors (Lipinski definition) is 0. The summed E-state index contributed by atoms with van der Waals surface area (Å²) in [5, 5.41) is 12.7. The second kappa shape index (κ2) is 6.36. The van der Waals surface area contributed by atoms with Gasteiger partial charge in [-0.1, -0.05) is 20.8 Å². The first-order chi connectivity index (χ1) is 11.1. The smallest absolute Gasteiger partial charge is 0.157 e. The fraction of sp³-hybridized carbons (Fsp3) is 0.500.